The number of carbonyl (C=O) groups excluding carboxylic acids is 4. The van der Waals surface area contributed by atoms with E-state index >= 15 is 0 Å². The molecule has 2 fully saturated rings. The molecule has 2 saturated heterocycles. The Morgan fingerprint density at radius 1 is 0.957 bits per heavy atom. The molecule has 13 nitrogen and oxygen atoms in total. The molecule has 2 aliphatic rings. The highest BCUT2D eigenvalue weighted by molar-refractivity contribution is 5.97. The van der Waals surface area contributed by atoms with Gasteiger partial charge < -0.3 is 35.2 Å². The number of nitrogens with one attached hydrogen (secondary N) is 2. The number of hydrogen-bond acceptors (Lipinski definition) is 8. The van der Waals surface area contributed by atoms with Gasteiger partial charge in [-0.2, -0.15) is 0 Å². The molecule has 1 aromatic carbocycles. The second kappa shape index (κ2) is 17.3. The number of hydrogen-bond donors (Lipinski definition) is 3. The zero-order valence-corrected chi connectivity index (χ0v) is 27.3. The minimum absolute atomic E-state index is 0.0187. The van der Waals surface area contributed by atoms with E-state index in [1.165, 1.54) is 0 Å². The van der Waals surface area contributed by atoms with E-state index in [-0.39, 0.29) is 56.5 Å². The summed E-state index contributed by atoms with van der Waals surface area (Å²) in [4.78, 5) is 73.3. The van der Waals surface area contributed by atoms with Gasteiger partial charge in [0.2, 0.25) is 11.8 Å². The number of piperidine rings is 1. The molecule has 1 atom stereocenters. The van der Waals surface area contributed by atoms with Gasteiger partial charge in [-0.05, 0) is 37.8 Å². The monoisotopic (exact) mass is 650 g/mol. The first kappa shape index (κ1) is 35.2. The second-order valence-corrected chi connectivity index (χ2v) is 11.9. The van der Waals surface area contributed by atoms with Crippen LogP contribution in [0.2, 0.25) is 0 Å². The molecule has 3 N–H and O–H groups in total. The van der Waals surface area contributed by atoms with Gasteiger partial charge in [-0.3, -0.25) is 19.2 Å². The van der Waals surface area contributed by atoms with Crippen molar-refractivity contribution >= 4 is 35.5 Å². The number of amides is 4. The molecule has 13 heteroatoms. The molecule has 2 aromatic rings. The number of anilines is 1. The number of benzene rings is 1. The summed E-state index contributed by atoms with van der Waals surface area (Å²) in [7, 11) is 1.63. The summed E-state index contributed by atoms with van der Waals surface area (Å²) in [5.41, 5.74) is 2.25. The number of pyridine rings is 1. The van der Waals surface area contributed by atoms with Gasteiger partial charge in [0.25, 0.3) is 5.91 Å². The van der Waals surface area contributed by atoms with Crippen molar-refractivity contribution in [3.05, 3.63) is 48.2 Å². The summed E-state index contributed by atoms with van der Waals surface area (Å²) >= 11 is 0. The van der Waals surface area contributed by atoms with Gasteiger partial charge in [0.05, 0.1) is 12.3 Å². The molecular formula is C34H46N6O7. The van der Waals surface area contributed by atoms with Crippen molar-refractivity contribution in [3.63, 3.8) is 0 Å². The Morgan fingerprint density at radius 2 is 1.64 bits per heavy atom. The number of rotatable bonds is 13. The summed E-state index contributed by atoms with van der Waals surface area (Å²) in [5, 5.41) is 14.9. The number of aliphatic carboxylic acids is 1. The van der Waals surface area contributed by atoms with Gasteiger partial charge >= 0.3 is 12.1 Å². The van der Waals surface area contributed by atoms with Crippen LogP contribution >= 0.6 is 0 Å². The Hall–Kier alpha value is -4.68. The van der Waals surface area contributed by atoms with E-state index in [0.29, 0.717) is 38.2 Å². The molecule has 0 unspecified atom stereocenters. The molecule has 3 heterocycles. The molecule has 4 amide bonds. The molecule has 0 saturated carbocycles. The van der Waals surface area contributed by atoms with E-state index in [4.69, 9.17) is 4.74 Å². The molecule has 0 aliphatic carbocycles. The van der Waals surface area contributed by atoms with E-state index in [1.807, 2.05) is 36.4 Å². The maximum atomic E-state index is 13.7. The fraction of sp³-hybridized carbons (Fsp3) is 0.529. The van der Waals surface area contributed by atoms with Crippen molar-refractivity contribution in [1.29, 1.82) is 0 Å². The number of piperazine rings is 1. The summed E-state index contributed by atoms with van der Waals surface area (Å²) in [6.07, 6.45) is 3.30. The lowest BCUT2D eigenvalue weighted by Gasteiger charge is -2.36. The summed E-state index contributed by atoms with van der Waals surface area (Å²) in [6, 6.07) is 11.9. The van der Waals surface area contributed by atoms with E-state index in [0.717, 1.165) is 30.5 Å². The maximum absolute atomic E-state index is 13.7. The first-order chi connectivity index (χ1) is 22.7. The van der Waals surface area contributed by atoms with E-state index < -0.39 is 29.9 Å². The lowest BCUT2D eigenvalue weighted by molar-refractivity contribution is -0.138. The van der Waals surface area contributed by atoms with Crippen molar-refractivity contribution in [3.8, 4) is 11.3 Å². The average Bonchev–Trinajstić information content (AvgIpc) is 3.11. The van der Waals surface area contributed by atoms with E-state index in [9.17, 15) is 29.1 Å². The average molecular weight is 651 g/mol. The lowest BCUT2D eigenvalue weighted by Crippen LogP contribution is -2.56. The highest BCUT2D eigenvalue weighted by Gasteiger charge is 2.32. The van der Waals surface area contributed by atoms with Crippen LogP contribution in [-0.2, 0) is 19.1 Å². The number of aromatic nitrogens is 1. The van der Waals surface area contributed by atoms with Crippen molar-refractivity contribution < 1.29 is 33.8 Å². The molecule has 2 aliphatic heterocycles. The van der Waals surface area contributed by atoms with Gasteiger partial charge in [-0.1, -0.05) is 50.1 Å². The van der Waals surface area contributed by atoms with Crippen LogP contribution in [0.1, 0.15) is 62.4 Å². The normalized spacial score (nSPS) is 15.9. The SMILES string of the molecule is CCCCCOC(=O)N1CCN(C(=O)[C@H](CCC(=O)O)NC(=O)c2cc(N3CCC(C(=O)NC)CC3)cc(-c3ccccc3)n2)CC1. The molecule has 0 bridgehead atoms. The van der Waals surface area contributed by atoms with Crippen molar-refractivity contribution in [2.75, 3.05) is 57.8 Å². The largest absolute Gasteiger partial charge is 0.481 e. The van der Waals surface area contributed by atoms with Crippen LogP contribution in [0.5, 0.6) is 0 Å². The number of carbonyl (C=O) groups is 5. The molecule has 47 heavy (non-hydrogen) atoms. The van der Waals surface area contributed by atoms with Gasteiger partial charge in [-0.25, -0.2) is 9.78 Å². The van der Waals surface area contributed by atoms with Crippen LogP contribution in [0.4, 0.5) is 10.5 Å². The number of ether oxygens (including phenoxy) is 1. The zero-order valence-electron chi connectivity index (χ0n) is 27.3. The minimum atomic E-state index is -1.10. The first-order valence-corrected chi connectivity index (χ1v) is 16.5. The summed E-state index contributed by atoms with van der Waals surface area (Å²) in [6.45, 7) is 4.69. The molecule has 1 aromatic heterocycles. The first-order valence-electron chi connectivity index (χ1n) is 16.5. The van der Waals surface area contributed by atoms with Crippen molar-refractivity contribution in [2.24, 2.45) is 5.92 Å². The van der Waals surface area contributed by atoms with E-state index in [2.05, 4.69) is 27.4 Å². The van der Waals surface area contributed by atoms with Gasteiger partial charge in [0.15, 0.2) is 0 Å². The third kappa shape index (κ3) is 9.90. The quantitative estimate of drug-likeness (QED) is 0.277. The fourth-order valence-corrected chi connectivity index (χ4v) is 5.87. The molecule has 0 spiro atoms. The Labute approximate surface area is 275 Å². The number of carboxylic acid groups (broad SMARTS) is 1. The lowest BCUT2D eigenvalue weighted by atomic mass is 9.95. The van der Waals surface area contributed by atoms with Crippen LogP contribution in [0, 0.1) is 5.92 Å². The Kier molecular flexibility index (Phi) is 12.9. The third-order valence-electron chi connectivity index (χ3n) is 8.66. The van der Waals surface area contributed by atoms with Crippen LogP contribution in [0.3, 0.4) is 0 Å². The second-order valence-electron chi connectivity index (χ2n) is 11.9. The zero-order chi connectivity index (χ0) is 33.8. The standard InChI is InChI=1S/C34H46N6O7/c1-3-4-8-21-47-34(46)40-19-17-39(18-20-40)33(45)27(11-12-30(41)42)37-32(44)29-23-26(22-28(36-29)24-9-6-5-7-10-24)38-15-13-25(14-16-38)31(43)35-2/h5-7,9-10,22-23,25,27H,3-4,8,11-21H2,1-2H3,(H,35,43)(H,37,44)(H,41,42)/t27-/m0/s1. The summed E-state index contributed by atoms with van der Waals surface area (Å²) < 4.78 is 5.34. The van der Waals surface area contributed by atoms with Crippen molar-refractivity contribution in [2.45, 2.75) is 57.9 Å². The molecular weight excluding hydrogens is 604 g/mol. The van der Waals surface area contributed by atoms with Gasteiger partial charge in [0, 0.05) is 69.9 Å². The van der Waals surface area contributed by atoms with Gasteiger partial charge in [-0.15, -0.1) is 0 Å². The van der Waals surface area contributed by atoms with Crippen LogP contribution in [0.15, 0.2) is 42.5 Å². The van der Waals surface area contributed by atoms with Crippen molar-refractivity contribution in [1.82, 2.24) is 25.4 Å². The molecule has 254 valence electrons. The molecule has 0 radical (unpaired) electrons. The highest BCUT2D eigenvalue weighted by Crippen LogP contribution is 2.28. The van der Waals surface area contributed by atoms with Crippen LogP contribution in [-0.4, -0.2) is 109 Å². The highest BCUT2D eigenvalue weighted by atomic mass is 16.6. The number of unbranched alkanes of at least 4 members (excludes halogenated alkanes) is 2. The fourth-order valence-electron chi connectivity index (χ4n) is 5.87. The van der Waals surface area contributed by atoms with Crippen LogP contribution in [0.25, 0.3) is 11.3 Å². The predicted molar refractivity (Wildman–Crippen MR) is 176 cm³/mol. The van der Waals surface area contributed by atoms with Gasteiger partial charge in [0.1, 0.15) is 11.7 Å². The predicted octanol–water partition coefficient (Wildman–Crippen LogP) is 3.15. The number of nitrogens with zero attached hydrogens (tertiary/aromatic N) is 4. The van der Waals surface area contributed by atoms with Crippen LogP contribution < -0.4 is 15.5 Å². The van der Waals surface area contributed by atoms with E-state index in [1.54, 1.807) is 22.9 Å². The number of carboxylic acids is 1. The Morgan fingerprint density at radius 3 is 2.28 bits per heavy atom. The maximum Gasteiger partial charge on any atom is 0.409 e. The third-order valence-corrected chi connectivity index (χ3v) is 8.66. The minimum Gasteiger partial charge on any atom is -0.481 e. The topological polar surface area (TPSA) is 161 Å². The molecule has 4 rings (SSSR count). The Balaban J connectivity index is 1.49. The summed E-state index contributed by atoms with van der Waals surface area (Å²) in [5.74, 6) is -2.15. The smallest absolute Gasteiger partial charge is 0.409 e. The Bertz CT molecular complexity index is 1390.